The largest absolute Gasteiger partial charge is 0.508 e. The van der Waals surface area contributed by atoms with E-state index in [0.717, 1.165) is 11.1 Å². The molecule has 0 radical (unpaired) electrons. The van der Waals surface area contributed by atoms with Crippen molar-refractivity contribution < 1.29 is 29.4 Å². The minimum absolute atomic E-state index is 0.0819. The van der Waals surface area contributed by atoms with Crippen LogP contribution >= 0.6 is 25.3 Å². The fraction of sp³-hybridized carbons (Fsp3) is 0.214. The first-order valence-electron chi connectivity index (χ1n) is 12.2. The average Bonchev–Trinajstić information content (AvgIpc) is 2.94. The van der Waals surface area contributed by atoms with Crippen LogP contribution in [0.1, 0.15) is 11.1 Å². The Balaban J connectivity index is 1.72. The molecule has 0 aliphatic heterocycles. The Labute approximate surface area is 242 Å². The number of aromatic hydroxyl groups is 2. The molecule has 0 unspecified atom stereocenters. The molecule has 0 aromatic heterocycles. The number of hydrogen-bond acceptors (Lipinski definition) is 8. The van der Waals surface area contributed by atoms with E-state index in [1.54, 1.807) is 48.5 Å². The minimum atomic E-state index is -0.923. The third kappa shape index (κ3) is 9.54. The van der Waals surface area contributed by atoms with Crippen LogP contribution in [0.3, 0.4) is 0 Å². The Bertz CT molecular complexity index is 1240. The molecule has 0 heterocycles. The Kier molecular flexibility index (Phi) is 11.3. The second-order valence-electron chi connectivity index (χ2n) is 8.86. The topological polar surface area (TPSA) is 157 Å². The van der Waals surface area contributed by atoms with Crippen LogP contribution in [0.2, 0.25) is 0 Å². The van der Waals surface area contributed by atoms with Crippen molar-refractivity contribution in [2.45, 2.75) is 24.9 Å². The summed E-state index contributed by atoms with van der Waals surface area (Å²) in [6.45, 7) is 0. The predicted octanol–water partition coefficient (Wildman–Crippen LogP) is 2.29. The molecule has 12 heteroatoms. The van der Waals surface area contributed by atoms with Crippen molar-refractivity contribution in [1.29, 1.82) is 0 Å². The number of nitrogens with one attached hydrogen (secondary N) is 4. The summed E-state index contributed by atoms with van der Waals surface area (Å²) in [7, 11) is 0. The summed E-state index contributed by atoms with van der Waals surface area (Å²) in [5, 5.41) is 29.8. The first-order chi connectivity index (χ1) is 19.2. The van der Waals surface area contributed by atoms with Gasteiger partial charge in [-0.2, -0.15) is 25.3 Å². The highest BCUT2D eigenvalue weighted by Gasteiger charge is 2.23. The smallest absolute Gasteiger partial charge is 0.247 e. The van der Waals surface area contributed by atoms with Gasteiger partial charge in [0.1, 0.15) is 23.6 Å². The molecule has 4 amide bonds. The first kappa shape index (κ1) is 30.4. The summed E-state index contributed by atoms with van der Waals surface area (Å²) in [5.74, 6) is -1.86. The lowest BCUT2D eigenvalue weighted by Gasteiger charge is -2.20. The summed E-state index contributed by atoms with van der Waals surface area (Å²) in [4.78, 5) is 50.2. The quantitative estimate of drug-likeness (QED) is 0.153. The second kappa shape index (κ2) is 14.8. The van der Waals surface area contributed by atoms with Crippen LogP contribution in [0.4, 0.5) is 11.4 Å². The standard InChI is InChI=1S/C28H30N4O6S2/c33-21-8-4-17(5-9-21)12-23(31-25(35)15-39)27(37)29-19-2-1-3-20(14-19)30-28(38)24(32-26(36)16-40)13-18-6-10-22(34)11-7-18/h1-11,14,23-24,33-34,39-40H,12-13,15-16H2,(H,29,37)(H,30,38)(H,31,35)(H,32,36)/t23-,24-/m0/s1. The monoisotopic (exact) mass is 582 g/mol. The third-order valence-electron chi connectivity index (χ3n) is 5.74. The van der Waals surface area contributed by atoms with Crippen molar-refractivity contribution in [3.05, 3.63) is 83.9 Å². The van der Waals surface area contributed by atoms with E-state index in [4.69, 9.17) is 0 Å². The molecule has 0 aliphatic carbocycles. The lowest BCUT2D eigenvalue weighted by atomic mass is 10.0. The van der Waals surface area contributed by atoms with Crippen molar-refractivity contribution in [3.8, 4) is 11.5 Å². The molecule has 3 rings (SSSR count). The zero-order chi connectivity index (χ0) is 29.1. The molecule has 0 saturated heterocycles. The molecule has 6 N–H and O–H groups in total. The van der Waals surface area contributed by atoms with Gasteiger partial charge in [0, 0.05) is 24.2 Å². The van der Waals surface area contributed by atoms with Gasteiger partial charge >= 0.3 is 0 Å². The van der Waals surface area contributed by atoms with E-state index in [-0.39, 0.29) is 35.8 Å². The Hall–Kier alpha value is -4.16. The molecule has 3 aromatic rings. The molecular weight excluding hydrogens is 552 g/mol. The highest BCUT2D eigenvalue weighted by molar-refractivity contribution is 7.81. The average molecular weight is 583 g/mol. The number of rotatable bonds is 12. The van der Waals surface area contributed by atoms with Crippen LogP contribution in [0.15, 0.2) is 72.8 Å². The summed E-state index contributed by atoms with van der Waals surface area (Å²) < 4.78 is 0. The van der Waals surface area contributed by atoms with Gasteiger partial charge in [-0.15, -0.1) is 0 Å². The Morgan fingerprint density at radius 2 is 1.00 bits per heavy atom. The molecule has 210 valence electrons. The van der Waals surface area contributed by atoms with E-state index in [1.165, 1.54) is 24.3 Å². The summed E-state index contributed by atoms with van der Waals surface area (Å²) >= 11 is 7.93. The van der Waals surface area contributed by atoms with Crippen LogP contribution in [-0.2, 0) is 32.0 Å². The van der Waals surface area contributed by atoms with E-state index in [2.05, 4.69) is 46.5 Å². The SMILES string of the molecule is O=C(CS)N[C@@H](Cc1ccc(O)cc1)C(=O)Nc1cccc(NC(=O)[C@H](Cc2ccc(O)cc2)NC(=O)CS)c1. The zero-order valence-electron chi connectivity index (χ0n) is 21.3. The van der Waals surface area contributed by atoms with Crippen molar-refractivity contribution >= 4 is 60.3 Å². The van der Waals surface area contributed by atoms with Gasteiger partial charge in [-0.1, -0.05) is 30.3 Å². The Morgan fingerprint density at radius 3 is 1.35 bits per heavy atom. The van der Waals surface area contributed by atoms with E-state index in [9.17, 15) is 29.4 Å². The number of thiol groups is 2. The van der Waals surface area contributed by atoms with Crippen LogP contribution in [-0.4, -0.2) is 57.4 Å². The lowest BCUT2D eigenvalue weighted by Crippen LogP contribution is -2.46. The second-order valence-corrected chi connectivity index (χ2v) is 9.49. The van der Waals surface area contributed by atoms with Gasteiger partial charge in [-0.25, -0.2) is 0 Å². The number of carbonyl (C=O) groups is 4. The maximum absolute atomic E-state index is 13.1. The summed E-state index contributed by atoms with van der Waals surface area (Å²) in [6.07, 6.45) is 0.345. The van der Waals surface area contributed by atoms with Crippen LogP contribution in [0.5, 0.6) is 11.5 Å². The highest BCUT2D eigenvalue weighted by atomic mass is 32.1. The van der Waals surface area contributed by atoms with E-state index in [0.29, 0.717) is 11.4 Å². The van der Waals surface area contributed by atoms with E-state index >= 15 is 0 Å². The van der Waals surface area contributed by atoms with Crippen molar-refractivity contribution in [2.75, 3.05) is 22.1 Å². The van der Waals surface area contributed by atoms with Gasteiger partial charge in [0.05, 0.1) is 11.5 Å². The maximum Gasteiger partial charge on any atom is 0.247 e. The molecule has 3 aromatic carbocycles. The molecule has 0 fully saturated rings. The van der Waals surface area contributed by atoms with Crippen LogP contribution < -0.4 is 21.3 Å². The summed E-state index contributed by atoms with van der Waals surface area (Å²) in [5.41, 5.74) is 2.18. The van der Waals surface area contributed by atoms with Crippen molar-refractivity contribution in [2.24, 2.45) is 0 Å². The summed E-state index contributed by atoms with van der Waals surface area (Å²) in [6, 6.07) is 17.2. The molecule has 10 nitrogen and oxygen atoms in total. The van der Waals surface area contributed by atoms with Gasteiger partial charge in [0.2, 0.25) is 23.6 Å². The zero-order valence-corrected chi connectivity index (χ0v) is 23.1. The van der Waals surface area contributed by atoms with Gasteiger partial charge in [-0.3, -0.25) is 19.2 Å². The number of amides is 4. The van der Waals surface area contributed by atoms with Gasteiger partial charge in [0.25, 0.3) is 0 Å². The van der Waals surface area contributed by atoms with Crippen molar-refractivity contribution in [1.82, 2.24) is 10.6 Å². The normalized spacial score (nSPS) is 12.1. The molecular formula is C28H30N4O6S2. The fourth-order valence-electron chi connectivity index (χ4n) is 3.77. The molecule has 0 bridgehead atoms. The van der Waals surface area contributed by atoms with E-state index in [1.807, 2.05) is 0 Å². The van der Waals surface area contributed by atoms with Gasteiger partial charge in [0.15, 0.2) is 0 Å². The first-order valence-corrected chi connectivity index (χ1v) is 13.5. The predicted molar refractivity (Wildman–Crippen MR) is 159 cm³/mol. The van der Waals surface area contributed by atoms with Crippen molar-refractivity contribution in [3.63, 3.8) is 0 Å². The molecule has 0 aliphatic rings. The number of phenolic OH excluding ortho intramolecular Hbond substituents is 2. The minimum Gasteiger partial charge on any atom is -0.508 e. The maximum atomic E-state index is 13.1. The number of hydrogen-bond donors (Lipinski definition) is 8. The highest BCUT2D eigenvalue weighted by Crippen LogP contribution is 2.18. The molecule has 0 saturated carbocycles. The molecule has 0 spiro atoms. The molecule has 40 heavy (non-hydrogen) atoms. The lowest BCUT2D eigenvalue weighted by molar-refractivity contribution is -0.124. The van der Waals surface area contributed by atoms with Crippen LogP contribution in [0, 0.1) is 0 Å². The number of phenols is 2. The van der Waals surface area contributed by atoms with Crippen LogP contribution in [0.25, 0.3) is 0 Å². The van der Waals surface area contributed by atoms with E-state index < -0.39 is 35.7 Å². The molecule has 2 atom stereocenters. The number of carbonyl (C=O) groups excluding carboxylic acids is 4. The third-order valence-corrected chi connectivity index (χ3v) is 6.32. The fourth-order valence-corrected chi connectivity index (χ4v) is 3.95. The van der Waals surface area contributed by atoms with Gasteiger partial charge < -0.3 is 31.5 Å². The van der Waals surface area contributed by atoms with Gasteiger partial charge in [-0.05, 0) is 53.6 Å². The number of anilines is 2. The Morgan fingerprint density at radius 1 is 0.625 bits per heavy atom. The number of benzene rings is 3.